The molecule has 0 heterocycles. The molecule has 0 amide bonds. The largest absolute Gasteiger partial charge is 0.493 e. The Morgan fingerprint density at radius 1 is 1.40 bits per heavy atom. The van der Waals surface area contributed by atoms with Gasteiger partial charge in [-0.15, -0.1) is 0 Å². The molecule has 3 N–H and O–H groups in total. The Labute approximate surface area is 85.1 Å². The van der Waals surface area contributed by atoms with Crippen LogP contribution in [0, 0.1) is 5.41 Å². The van der Waals surface area contributed by atoms with Crippen LogP contribution in [0.15, 0.2) is 18.2 Å². The van der Waals surface area contributed by atoms with Crippen LogP contribution in [0.25, 0.3) is 0 Å². The summed E-state index contributed by atoms with van der Waals surface area (Å²) >= 11 is 0. The first-order chi connectivity index (χ1) is 7.04. The van der Waals surface area contributed by atoms with E-state index >= 15 is 0 Å². The average molecular weight is 216 g/mol. The number of halogens is 2. The summed E-state index contributed by atoms with van der Waals surface area (Å²) in [6, 6.07) is 4.05. The number of hydrogen-bond acceptors (Lipinski definition) is 3. The lowest BCUT2D eigenvalue weighted by molar-refractivity contribution is -0.0512. The van der Waals surface area contributed by atoms with E-state index in [2.05, 4.69) is 4.74 Å². The Hall–Kier alpha value is -1.85. The van der Waals surface area contributed by atoms with Gasteiger partial charge in [0, 0.05) is 5.56 Å². The third-order valence-corrected chi connectivity index (χ3v) is 1.69. The van der Waals surface area contributed by atoms with Crippen molar-refractivity contribution >= 4 is 5.84 Å². The summed E-state index contributed by atoms with van der Waals surface area (Å²) in [5.74, 6) is -0.141. The van der Waals surface area contributed by atoms with Crippen LogP contribution in [-0.4, -0.2) is 19.6 Å². The standard InChI is InChI=1S/C9H10F2N2O2/c1-14-7-4-5(8(12)13)2-3-6(7)15-9(10)11/h2-4,9H,1H3,(H3,12,13). The zero-order valence-corrected chi connectivity index (χ0v) is 7.96. The van der Waals surface area contributed by atoms with Crippen LogP contribution < -0.4 is 15.2 Å². The number of amidine groups is 1. The van der Waals surface area contributed by atoms with E-state index in [0.29, 0.717) is 5.56 Å². The predicted octanol–water partition coefficient (Wildman–Crippen LogP) is 1.58. The lowest BCUT2D eigenvalue weighted by atomic mass is 10.2. The van der Waals surface area contributed by atoms with Gasteiger partial charge in [0.1, 0.15) is 5.84 Å². The molecule has 4 nitrogen and oxygen atoms in total. The number of nitrogens with one attached hydrogen (secondary N) is 1. The molecule has 0 bridgehead atoms. The van der Waals surface area contributed by atoms with Gasteiger partial charge in [-0.1, -0.05) is 0 Å². The van der Waals surface area contributed by atoms with Crippen molar-refractivity contribution in [1.29, 1.82) is 5.41 Å². The molecule has 0 fully saturated rings. The van der Waals surface area contributed by atoms with Gasteiger partial charge in [-0.3, -0.25) is 5.41 Å². The molecule has 0 aliphatic heterocycles. The minimum atomic E-state index is -2.91. The van der Waals surface area contributed by atoms with E-state index in [-0.39, 0.29) is 17.3 Å². The fourth-order valence-electron chi connectivity index (χ4n) is 1.03. The fourth-order valence-corrected chi connectivity index (χ4v) is 1.03. The van der Waals surface area contributed by atoms with Gasteiger partial charge in [-0.25, -0.2) is 0 Å². The first-order valence-electron chi connectivity index (χ1n) is 4.02. The number of alkyl halides is 2. The molecule has 0 atom stereocenters. The molecule has 0 aromatic heterocycles. The van der Waals surface area contributed by atoms with Crippen LogP contribution in [0.2, 0.25) is 0 Å². The van der Waals surface area contributed by atoms with Crippen LogP contribution in [0.5, 0.6) is 11.5 Å². The molecule has 82 valence electrons. The van der Waals surface area contributed by atoms with Gasteiger partial charge in [0.2, 0.25) is 0 Å². The summed E-state index contributed by atoms with van der Waals surface area (Å²) in [6.07, 6.45) is 0. The van der Waals surface area contributed by atoms with Crippen LogP contribution in [-0.2, 0) is 0 Å². The average Bonchev–Trinajstić information content (AvgIpc) is 2.17. The number of benzene rings is 1. The maximum atomic E-state index is 12.0. The van der Waals surface area contributed by atoms with Crippen LogP contribution in [0.4, 0.5) is 8.78 Å². The number of nitrogens with two attached hydrogens (primary N) is 1. The van der Waals surface area contributed by atoms with Gasteiger partial charge in [0.15, 0.2) is 11.5 Å². The van der Waals surface area contributed by atoms with E-state index in [9.17, 15) is 8.78 Å². The normalized spacial score (nSPS) is 10.1. The van der Waals surface area contributed by atoms with Crippen LogP contribution in [0.1, 0.15) is 5.56 Å². The smallest absolute Gasteiger partial charge is 0.387 e. The molecule has 1 rings (SSSR count). The summed E-state index contributed by atoms with van der Waals surface area (Å²) < 4.78 is 32.9. The number of methoxy groups -OCH3 is 1. The van der Waals surface area contributed by atoms with Crippen molar-refractivity contribution in [2.75, 3.05) is 7.11 Å². The molecule has 0 spiro atoms. The summed E-state index contributed by atoms with van der Waals surface area (Å²) in [4.78, 5) is 0. The maximum Gasteiger partial charge on any atom is 0.387 e. The zero-order valence-electron chi connectivity index (χ0n) is 7.96. The van der Waals surface area contributed by atoms with Crippen molar-refractivity contribution < 1.29 is 18.3 Å². The van der Waals surface area contributed by atoms with Gasteiger partial charge in [-0.05, 0) is 18.2 Å². The molecule has 0 radical (unpaired) electrons. The third-order valence-electron chi connectivity index (χ3n) is 1.69. The van der Waals surface area contributed by atoms with Gasteiger partial charge in [0.05, 0.1) is 7.11 Å². The monoisotopic (exact) mass is 216 g/mol. The van der Waals surface area contributed by atoms with E-state index in [1.165, 1.54) is 25.3 Å². The van der Waals surface area contributed by atoms with Crippen molar-refractivity contribution in [1.82, 2.24) is 0 Å². The lowest BCUT2D eigenvalue weighted by Gasteiger charge is -2.10. The van der Waals surface area contributed by atoms with E-state index in [4.69, 9.17) is 15.9 Å². The second-order valence-corrected chi connectivity index (χ2v) is 2.66. The second-order valence-electron chi connectivity index (χ2n) is 2.66. The molecule has 1 aromatic rings. The Balaban J connectivity index is 3.03. The highest BCUT2D eigenvalue weighted by atomic mass is 19.3. The number of rotatable bonds is 4. The van der Waals surface area contributed by atoms with Gasteiger partial charge < -0.3 is 15.2 Å². The molecule has 1 aromatic carbocycles. The quantitative estimate of drug-likeness (QED) is 0.593. The number of hydrogen-bond donors (Lipinski definition) is 2. The summed E-state index contributed by atoms with van der Waals surface area (Å²) in [5.41, 5.74) is 5.61. The minimum Gasteiger partial charge on any atom is -0.493 e. The Bertz CT molecular complexity index is 369. The Morgan fingerprint density at radius 3 is 2.53 bits per heavy atom. The fraction of sp³-hybridized carbons (Fsp3) is 0.222. The third kappa shape index (κ3) is 2.80. The highest BCUT2D eigenvalue weighted by Gasteiger charge is 2.11. The van der Waals surface area contributed by atoms with E-state index in [0.717, 1.165) is 0 Å². The van der Waals surface area contributed by atoms with Gasteiger partial charge >= 0.3 is 6.61 Å². The van der Waals surface area contributed by atoms with Crippen molar-refractivity contribution in [2.24, 2.45) is 5.73 Å². The number of nitrogen functional groups attached to an aromatic ring is 1. The maximum absolute atomic E-state index is 12.0. The van der Waals surface area contributed by atoms with Crippen LogP contribution in [0.3, 0.4) is 0 Å². The summed E-state index contributed by atoms with van der Waals surface area (Å²) in [5, 5.41) is 7.15. The molecular weight excluding hydrogens is 206 g/mol. The Kier molecular flexibility index (Phi) is 3.43. The molecular formula is C9H10F2N2O2. The van der Waals surface area contributed by atoms with Crippen molar-refractivity contribution in [3.8, 4) is 11.5 Å². The molecule has 0 saturated heterocycles. The van der Waals surface area contributed by atoms with E-state index < -0.39 is 6.61 Å². The molecule has 0 aliphatic carbocycles. The van der Waals surface area contributed by atoms with Crippen molar-refractivity contribution in [2.45, 2.75) is 6.61 Å². The lowest BCUT2D eigenvalue weighted by Crippen LogP contribution is -2.11. The topological polar surface area (TPSA) is 68.3 Å². The molecule has 0 unspecified atom stereocenters. The minimum absolute atomic E-state index is 0.0856. The van der Waals surface area contributed by atoms with E-state index in [1.807, 2.05) is 0 Å². The van der Waals surface area contributed by atoms with Crippen molar-refractivity contribution in [3.05, 3.63) is 23.8 Å². The molecule has 0 aliphatic rings. The molecule has 6 heteroatoms. The van der Waals surface area contributed by atoms with Gasteiger partial charge in [-0.2, -0.15) is 8.78 Å². The second kappa shape index (κ2) is 4.59. The number of ether oxygens (including phenoxy) is 2. The highest BCUT2D eigenvalue weighted by Crippen LogP contribution is 2.29. The zero-order chi connectivity index (χ0) is 11.4. The van der Waals surface area contributed by atoms with E-state index in [1.54, 1.807) is 0 Å². The summed E-state index contributed by atoms with van der Waals surface area (Å²) in [7, 11) is 1.32. The first kappa shape index (κ1) is 11.2. The van der Waals surface area contributed by atoms with Crippen molar-refractivity contribution in [3.63, 3.8) is 0 Å². The predicted molar refractivity (Wildman–Crippen MR) is 50.6 cm³/mol. The Morgan fingerprint density at radius 2 is 2.07 bits per heavy atom. The van der Waals surface area contributed by atoms with Crippen LogP contribution >= 0.6 is 0 Å². The highest BCUT2D eigenvalue weighted by molar-refractivity contribution is 5.95. The molecule has 0 saturated carbocycles. The SMILES string of the molecule is COc1cc(C(=N)N)ccc1OC(F)F. The first-order valence-corrected chi connectivity index (χ1v) is 4.02. The summed E-state index contributed by atoms with van der Waals surface area (Å²) in [6.45, 7) is -2.91. The molecule has 15 heavy (non-hydrogen) atoms. The van der Waals surface area contributed by atoms with Gasteiger partial charge in [0.25, 0.3) is 0 Å².